The molecular formula is C15H21ClO2. The lowest BCUT2D eigenvalue weighted by molar-refractivity contribution is -0.110. The van der Waals surface area contributed by atoms with Gasteiger partial charge in [-0.15, -0.1) is 0 Å². The van der Waals surface area contributed by atoms with Crippen molar-refractivity contribution in [1.82, 2.24) is 0 Å². The fourth-order valence-corrected chi connectivity index (χ4v) is 3.19. The van der Waals surface area contributed by atoms with Gasteiger partial charge in [0.25, 0.3) is 0 Å². The monoisotopic (exact) mass is 268 g/mol. The Morgan fingerprint density at radius 2 is 1.89 bits per heavy atom. The van der Waals surface area contributed by atoms with Crippen molar-refractivity contribution >= 4 is 11.6 Å². The Hall–Kier alpha value is -0.570. The van der Waals surface area contributed by atoms with Gasteiger partial charge in [0.1, 0.15) is 0 Å². The van der Waals surface area contributed by atoms with Crippen molar-refractivity contribution in [3.8, 4) is 0 Å². The quantitative estimate of drug-likeness (QED) is 0.885. The van der Waals surface area contributed by atoms with E-state index in [1.807, 2.05) is 38.1 Å². The van der Waals surface area contributed by atoms with E-state index in [2.05, 4.69) is 0 Å². The highest BCUT2D eigenvalue weighted by atomic mass is 35.5. The van der Waals surface area contributed by atoms with Crippen LogP contribution in [0.3, 0.4) is 0 Å². The number of aliphatic hydroxyl groups is 2. The maximum atomic E-state index is 10.7. The first-order chi connectivity index (χ1) is 8.39. The first-order valence-corrected chi connectivity index (χ1v) is 6.84. The van der Waals surface area contributed by atoms with E-state index < -0.39 is 5.60 Å². The van der Waals surface area contributed by atoms with Crippen molar-refractivity contribution in [2.75, 3.05) is 6.61 Å². The smallest absolute Gasteiger partial charge is 0.0958 e. The summed E-state index contributed by atoms with van der Waals surface area (Å²) in [7, 11) is 0. The van der Waals surface area contributed by atoms with E-state index in [0.717, 1.165) is 29.8 Å². The van der Waals surface area contributed by atoms with Gasteiger partial charge in [0.2, 0.25) is 0 Å². The van der Waals surface area contributed by atoms with Gasteiger partial charge in [-0.25, -0.2) is 0 Å². The molecule has 0 aliphatic heterocycles. The number of hydrogen-bond donors (Lipinski definition) is 2. The molecule has 100 valence electrons. The lowest BCUT2D eigenvalue weighted by Gasteiger charge is -2.39. The highest BCUT2D eigenvalue weighted by Crippen LogP contribution is 2.50. The molecule has 2 rings (SSSR count). The van der Waals surface area contributed by atoms with Gasteiger partial charge in [-0.2, -0.15) is 0 Å². The summed E-state index contributed by atoms with van der Waals surface area (Å²) in [5.41, 5.74) is -0.0418. The zero-order valence-corrected chi connectivity index (χ0v) is 11.7. The Morgan fingerprint density at radius 1 is 1.28 bits per heavy atom. The first kappa shape index (κ1) is 13.9. The highest BCUT2D eigenvalue weighted by Gasteiger charge is 2.53. The van der Waals surface area contributed by atoms with Crippen LogP contribution in [0.5, 0.6) is 0 Å². The van der Waals surface area contributed by atoms with Crippen LogP contribution < -0.4 is 0 Å². The van der Waals surface area contributed by atoms with Crippen molar-refractivity contribution in [1.29, 1.82) is 0 Å². The molecule has 0 saturated heterocycles. The number of halogens is 1. The molecule has 1 aromatic rings. The summed E-state index contributed by atoms with van der Waals surface area (Å²) >= 11 is 5.87. The maximum absolute atomic E-state index is 10.7. The lowest BCUT2D eigenvalue weighted by Crippen LogP contribution is -2.49. The van der Waals surface area contributed by atoms with Crippen LogP contribution in [0.2, 0.25) is 5.02 Å². The molecule has 0 heterocycles. The van der Waals surface area contributed by atoms with Crippen LogP contribution in [0.15, 0.2) is 24.3 Å². The molecule has 3 heteroatoms. The van der Waals surface area contributed by atoms with Crippen LogP contribution in [0, 0.1) is 11.3 Å². The number of rotatable bonds is 3. The number of aliphatic hydroxyl groups excluding tert-OH is 1. The topological polar surface area (TPSA) is 40.5 Å². The predicted octanol–water partition coefficient (Wildman–Crippen LogP) is 3.04. The fourth-order valence-electron chi connectivity index (χ4n) is 3.06. The summed E-state index contributed by atoms with van der Waals surface area (Å²) < 4.78 is 0. The van der Waals surface area contributed by atoms with Crippen LogP contribution in [0.1, 0.15) is 32.3 Å². The van der Waals surface area contributed by atoms with Gasteiger partial charge in [-0.3, -0.25) is 0 Å². The summed E-state index contributed by atoms with van der Waals surface area (Å²) in [4.78, 5) is 0. The second-order valence-electron chi connectivity index (χ2n) is 6.03. The van der Waals surface area contributed by atoms with Crippen LogP contribution in [-0.2, 0) is 6.42 Å². The molecule has 1 fully saturated rings. The lowest BCUT2D eigenvalue weighted by atomic mass is 9.73. The average Bonchev–Trinajstić information content (AvgIpc) is 2.56. The molecule has 0 aromatic heterocycles. The average molecular weight is 269 g/mol. The highest BCUT2D eigenvalue weighted by molar-refractivity contribution is 6.30. The molecule has 2 nitrogen and oxygen atoms in total. The largest absolute Gasteiger partial charge is 0.393 e. The van der Waals surface area contributed by atoms with Gasteiger partial charge in [0, 0.05) is 5.02 Å². The maximum Gasteiger partial charge on any atom is 0.0958 e. The number of benzene rings is 1. The van der Waals surface area contributed by atoms with E-state index in [-0.39, 0.29) is 17.9 Å². The predicted molar refractivity (Wildman–Crippen MR) is 73.7 cm³/mol. The molecular weight excluding hydrogens is 248 g/mol. The molecule has 0 amide bonds. The molecule has 1 unspecified atom stereocenters. The second kappa shape index (κ2) is 4.84. The second-order valence-corrected chi connectivity index (χ2v) is 6.47. The molecule has 0 radical (unpaired) electrons. The van der Waals surface area contributed by atoms with Crippen molar-refractivity contribution in [2.45, 2.75) is 38.7 Å². The molecule has 0 spiro atoms. The summed E-state index contributed by atoms with van der Waals surface area (Å²) in [6.07, 6.45) is 2.69. The van der Waals surface area contributed by atoms with Gasteiger partial charge in [0.15, 0.2) is 0 Å². The SMILES string of the molecule is CC1(C)CCC(Cc2ccc(Cl)cc2)[C@@]1(O)CO. The Balaban J connectivity index is 2.17. The zero-order chi connectivity index (χ0) is 13.4. The summed E-state index contributed by atoms with van der Waals surface area (Å²) in [6.45, 7) is 3.90. The molecule has 1 aliphatic carbocycles. The zero-order valence-electron chi connectivity index (χ0n) is 11.0. The molecule has 0 bridgehead atoms. The van der Waals surface area contributed by atoms with E-state index in [9.17, 15) is 10.2 Å². The normalized spacial score (nSPS) is 30.6. The van der Waals surface area contributed by atoms with Crippen LogP contribution in [0.4, 0.5) is 0 Å². The molecule has 1 aliphatic rings. The standard InChI is InChI=1S/C15H21ClO2/c1-14(2)8-7-12(15(14,18)10-17)9-11-3-5-13(16)6-4-11/h3-6,12,17-18H,7-10H2,1-2H3/t12?,15-/m0/s1. The van der Waals surface area contributed by atoms with Crippen molar-refractivity contribution < 1.29 is 10.2 Å². The molecule has 18 heavy (non-hydrogen) atoms. The van der Waals surface area contributed by atoms with Crippen LogP contribution in [0.25, 0.3) is 0 Å². The number of hydrogen-bond acceptors (Lipinski definition) is 2. The van der Waals surface area contributed by atoms with Gasteiger partial charge >= 0.3 is 0 Å². The minimum absolute atomic E-state index is 0.110. The van der Waals surface area contributed by atoms with Gasteiger partial charge < -0.3 is 10.2 Å². The third-order valence-corrected chi connectivity index (χ3v) is 4.85. The van der Waals surface area contributed by atoms with Crippen molar-refractivity contribution in [3.05, 3.63) is 34.9 Å². The van der Waals surface area contributed by atoms with Gasteiger partial charge in [-0.1, -0.05) is 37.6 Å². The third-order valence-electron chi connectivity index (χ3n) is 4.60. The van der Waals surface area contributed by atoms with E-state index in [4.69, 9.17) is 11.6 Å². The molecule has 1 aromatic carbocycles. The molecule has 2 atom stereocenters. The minimum Gasteiger partial charge on any atom is -0.393 e. The van der Waals surface area contributed by atoms with E-state index in [0.29, 0.717) is 0 Å². The Morgan fingerprint density at radius 3 is 2.44 bits per heavy atom. The first-order valence-electron chi connectivity index (χ1n) is 6.47. The third kappa shape index (κ3) is 2.29. The van der Waals surface area contributed by atoms with Gasteiger partial charge in [-0.05, 0) is 48.3 Å². The molecule has 2 N–H and O–H groups in total. The summed E-state index contributed by atoms with van der Waals surface area (Å²) in [5.74, 6) is 0.110. The van der Waals surface area contributed by atoms with E-state index in [1.165, 1.54) is 0 Å². The summed E-state index contributed by atoms with van der Waals surface area (Å²) in [5, 5.41) is 21.0. The van der Waals surface area contributed by atoms with Crippen molar-refractivity contribution in [2.24, 2.45) is 11.3 Å². The van der Waals surface area contributed by atoms with E-state index >= 15 is 0 Å². The van der Waals surface area contributed by atoms with E-state index in [1.54, 1.807) is 0 Å². The Bertz CT molecular complexity index is 413. The summed E-state index contributed by atoms with van der Waals surface area (Å²) in [6, 6.07) is 7.72. The van der Waals surface area contributed by atoms with Gasteiger partial charge in [0.05, 0.1) is 12.2 Å². The Labute approximate surface area is 114 Å². The van der Waals surface area contributed by atoms with Crippen molar-refractivity contribution in [3.63, 3.8) is 0 Å². The Kier molecular flexibility index (Phi) is 3.72. The minimum atomic E-state index is -0.980. The fraction of sp³-hybridized carbons (Fsp3) is 0.600. The molecule has 1 saturated carbocycles. The van der Waals surface area contributed by atoms with Crippen LogP contribution in [-0.4, -0.2) is 22.4 Å². The van der Waals surface area contributed by atoms with Crippen LogP contribution >= 0.6 is 11.6 Å².